The van der Waals surface area contributed by atoms with Crippen molar-refractivity contribution < 1.29 is 19.8 Å². The predicted octanol–water partition coefficient (Wildman–Crippen LogP) is 1.85. The van der Waals surface area contributed by atoms with E-state index in [0.29, 0.717) is 17.5 Å². The fourth-order valence-corrected chi connectivity index (χ4v) is 3.48. The van der Waals surface area contributed by atoms with E-state index < -0.39 is 0 Å². The van der Waals surface area contributed by atoms with Gasteiger partial charge in [-0.25, -0.2) is 0 Å². The lowest BCUT2D eigenvalue weighted by atomic mass is 9.89. The Morgan fingerprint density at radius 1 is 1.17 bits per heavy atom. The maximum absolute atomic E-state index is 10.1. The highest BCUT2D eigenvalue weighted by atomic mass is 16.5. The van der Waals surface area contributed by atoms with Crippen LogP contribution in [0, 0.1) is 0 Å². The highest BCUT2D eigenvalue weighted by Crippen LogP contribution is 2.34. The van der Waals surface area contributed by atoms with E-state index in [2.05, 4.69) is 7.05 Å². The van der Waals surface area contributed by atoms with Gasteiger partial charge in [-0.1, -0.05) is 12.1 Å². The molecule has 0 amide bonds. The Balaban J connectivity index is 1.82. The normalized spacial score (nSPS) is 20.1. The maximum Gasteiger partial charge on any atom is 0.160 e. The molecular formula is C19H24NO3+. The lowest BCUT2D eigenvalue weighted by Crippen LogP contribution is -3.10. The summed E-state index contributed by atoms with van der Waals surface area (Å²) in [5.41, 5.74) is 3.73. The molecule has 3 N–H and O–H groups in total. The SMILES string of the molecule is COc1cc2c(cc1O)[C@@H](CCc1ccc(O)cc1)[NH+](C)CC2. The van der Waals surface area contributed by atoms with Gasteiger partial charge in [-0.15, -0.1) is 0 Å². The molecule has 0 radical (unpaired) electrons. The van der Waals surface area contributed by atoms with Crippen LogP contribution >= 0.6 is 0 Å². The number of methoxy groups -OCH3 is 1. The molecule has 4 heteroatoms. The summed E-state index contributed by atoms with van der Waals surface area (Å²) in [4.78, 5) is 1.47. The fourth-order valence-electron chi connectivity index (χ4n) is 3.48. The quantitative estimate of drug-likeness (QED) is 0.807. The molecule has 0 saturated carbocycles. The molecule has 2 aromatic rings. The van der Waals surface area contributed by atoms with Gasteiger partial charge < -0.3 is 19.8 Å². The van der Waals surface area contributed by atoms with E-state index in [1.54, 1.807) is 19.2 Å². The first-order chi connectivity index (χ1) is 11.1. The Morgan fingerprint density at radius 2 is 1.91 bits per heavy atom. The molecule has 1 aliphatic rings. The summed E-state index contributed by atoms with van der Waals surface area (Å²) in [5.74, 6) is 1.08. The minimum atomic E-state index is 0.218. The van der Waals surface area contributed by atoms with Crippen LogP contribution in [-0.4, -0.2) is 30.9 Å². The van der Waals surface area contributed by atoms with Gasteiger partial charge in [-0.2, -0.15) is 0 Å². The Hall–Kier alpha value is -2.20. The van der Waals surface area contributed by atoms with Crippen LogP contribution < -0.4 is 9.64 Å². The third-order valence-electron chi connectivity index (χ3n) is 4.86. The van der Waals surface area contributed by atoms with E-state index in [-0.39, 0.29) is 5.75 Å². The van der Waals surface area contributed by atoms with Crippen LogP contribution in [0.25, 0.3) is 0 Å². The number of hydrogen-bond donors (Lipinski definition) is 3. The molecule has 0 fully saturated rings. The van der Waals surface area contributed by atoms with E-state index in [9.17, 15) is 10.2 Å². The summed E-state index contributed by atoms with van der Waals surface area (Å²) in [6.45, 7) is 1.08. The smallest absolute Gasteiger partial charge is 0.160 e. The topological polar surface area (TPSA) is 54.1 Å². The van der Waals surface area contributed by atoms with Gasteiger partial charge in [0.05, 0.1) is 20.7 Å². The van der Waals surface area contributed by atoms with E-state index >= 15 is 0 Å². The standard InChI is InChI=1S/C19H23NO3/c1-20-10-9-14-11-19(23-2)18(22)12-16(14)17(20)8-5-13-3-6-15(21)7-4-13/h3-4,6-7,11-12,17,21-22H,5,8-10H2,1-2H3/p+1/t17-/m1/s1. The molecule has 122 valence electrons. The molecule has 0 spiro atoms. The first-order valence-corrected chi connectivity index (χ1v) is 8.08. The largest absolute Gasteiger partial charge is 0.508 e. The fraction of sp³-hybridized carbons (Fsp3) is 0.368. The average molecular weight is 314 g/mol. The Labute approximate surface area is 136 Å². The van der Waals surface area contributed by atoms with E-state index in [0.717, 1.165) is 25.8 Å². The zero-order valence-electron chi connectivity index (χ0n) is 13.7. The molecule has 1 aliphatic heterocycles. The molecule has 3 rings (SSSR count). The summed E-state index contributed by atoms with van der Waals surface area (Å²) >= 11 is 0. The average Bonchev–Trinajstić information content (AvgIpc) is 2.55. The van der Waals surface area contributed by atoms with Crippen LogP contribution in [0.5, 0.6) is 17.2 Å². The number of fused-ring (bicyclic) bond motifs is 1. The highest BCUT2D eigenvalue weighted by molar-refractivity contribution is 5.48. The van der Waals surface area contributed by atoms with Crippen molar-refractivity contribution in [2.45, 2.75) is 25.3 Å². The van der Waals surface area contributed by atoms with Gasteiger partial charge in [0.1, 0.15) is 11.8 Å². The van der Waals surface area contributed by atoms with E-state index in [1.165, 1.54) is 21.6 Å². The van der Waals surface area contributed by atoms with Gasteiger partial charge in [0.15, 0.2) is 11.5 Å². The van der Waals surface area contributed by atoms with Gasteiger partial charge >= 0.3 is 0 Å². The lowest BCUT2D eigenvalue weighted by Gasteiger charge is -2.32. The molecular weight excluding hydrogens is 290 g/mol. The van der Waals surface area contributed by atoms with Crippen LogP contribution in [0.2, 0.25) is 0 Å². The van der Waals surface area contributed by atoms with Crippen LogP contribution in [0.4, 0.5) is 0 Å². The number of quaternary nitrogens is 1. The van der Waals surface area contributed by atoms with Crippen LogP contribution in [0.1, 0.15) is 29.2 Å². The van der Waals surface area contributed by atoms with Gasteiger partial charge in [0, 0.05) is 18.4 Å². The highest BCUT2D eigenvalue weighted by Gasteiger charge is 2.29. The van der Waals surface area contributed by atoms with Crippen molar-refractivity contribution in [2.24, 2.45) is 0 Å². The van der Waals surface area contributed by atoms with Crippen LogP contribution in [0.3, 0.4) is 0 Å². The van der Waals surface area contributed by atoms with Crippen LogP contribution in [0.15, 0.2) is 36.4 Å². The van der Waals surface area contributed by atoms with E-state index in [4.69, 9.17) is 4.74 Å². The second-order valence-electron chi connectivity index (χ2n) is 6.33. The summed E-state index contributed by atoms with van der Waals surface area (Å²) in [5, 5.41) is 19.5. The second-order valence-corrected chi connectivity index (χ2v) is 6.33. The number of benzene rings is 2. The summed E-state index contributed by atoms with van der Waals surface area (Å²) in [6, 6.07) is 11.6. The maximum atomic E-state index is 10.1. The summed E-state index contributed by atoms with van der Waals surface area (Å²) in [6.07, 6.45) is 2.97. The molecule has 2 atom stereocenters. The molecule has 0 saturated heterocycles. The number of rotatable bonds is 4. The number of likely N-dealkylation sites (N-methyl/N-ethyl adjacent to an activating group) is 1. The van der Waals surface area contributed by atoms with Gasteiger partial charge in [-0.3, -0.25) is 0 Å². The van der Waals surface area contributed by atoms with Crippen molar-refractivity contribution in [3.05, 3.63) is 53.1 Å². The van der Waals surface area contributed by atoms with Crippen LogP contribution in [-0.2, 0) is 12.8 Å². The molecule has 0 aliphatic carbocycles. The number of aromatic hydroxyl groups is 2. The Kier molecular flexibility index (Phi) is 4.44. The van der Waals surface area contributed by atoms with Gasteiger partial charge in [0.2, 0.25) is 0 Å². The monoisotopic (exact) mass is 314 g/mol. The third kappa shape index (κ3) is 3.27. The van der Waals surface area contributed by atoms with E-state index in [1.807, 2.05) is 24.3 Å². The minimum Gasteiger partial charge on any atom is -0.508 e. The molecule has 1 unspecified atom stereocenters. The van der Waals surface area contributed by atoms with Crippen molar-refractivity contribution in [3.63, 3.8) is 0 Å². The third-order valence-corrected chi connectivity index (χ3v) is 4.86. The molecule has 2 aromatic carbocycles. The zero-order valence-corrected chi connectivity index (χ0v) is 13.7. The van der Waals surface area contributed by atoms with Crippen molar-refractivity contribution in [1.29, 1.82) is 0 Å². The Bertz CT molecular complexity index is 682. The number of phenolic OH excluding ortho intramolecular Hbond substituents is 2. The number of hydrogen-bond acceptors (Lipinski definition) is 3. The first-order valence-electron chi connectivity index (χ1n) is 8.08. The Morgan fingerprint density at radius 3 is 2.61 bits per heavy atom. The predicted molar refractivity (Wildman–Crippen MR) is 89.3 cm³/mol. The van der Waals surface area contributed by atoms with Crippen molar-refractivity contribution >= 4 is 0 Å². The number of phenols is 2. The molecule has 23 heavy (non-hydrogen) atoms. The number of nitrogens with one attached hydrogen (secondary N) is 1. The molecule has 0 bridgehead atoms. The first kappa shape index (κ1) is 15.7. The number of aryl methyl sites for hydroxylation is 1. The molecule has 4 nitrogen and oxygen atoms in total. The lowest BCUT2D eigenvalue weighted by molar-refractivity contribution is -0.915. The second kappa shape index (κ2) is 6.50. The molecule has 1 heterocycles. The summed E-state index contributed by atoms with van der Waals surface area (Å²) < 4.78 is 5.23. The number of ether oxygens (including phenoxy) is 1. The van der Waals surface area contributed by atoms with Gasteiger partial charge in [0.25, 0.3) is 0 Å². The van der Waals surface area contributed by atoms with Crippen molar-refractivity contribution in [2.75, 3.05) is 20.7 Å². The molecule has 0 aromatic heterocycles. The van der Waals surface area contributed by atoms with Crippen molar-refractivity contribution in [3.8, 4) is 17.2 Å². The summed E-state index contributed by atoms with van der Waals surface area (Å²) in [7, 11) is 3.80. The van der Waals surface area contributed by atoms with Gasteiger partial charge in [-0.05, 0) is 41.8 Å². The van der Waals surface area contributed by atoms with Crippen molar-refractivity contribution in [1.82, 2.24) is 0 Å². The zero-order chi connectivity index (χ0) is 16.4. The minimum absolute atomic E-state index is 0.218.